The van der Waals surface area contributed by atoms with E-state index in [0.29, 0.717) is 37.0 Å². The van der Waals surface area contributed by atoms with Crippen LogP contribution in [0.3, 0.4) is 0 Å². The van der Waals surface area contributed by atoms with Crippen LogP contribution in [-0.2, 0) is 21.0 Å². The minimum Gasteiger partial charge on any atom is -0.381 e. The summed E-state index contributed by atoms with van der Waals surface area (Å²) in [5.41, 5.74) is 1.24. The summed E-state index contributed by atoms with van der Waals surface area (Å²) in [6.45, 7) is 1.23. The fraction of sp³-hybridized carbons (Fsp3) is 0.368. The second-order valence-corrected chi connectivity index (χ2v) is 7.80. The molecule has 2 aromatic rings. The highest BCUT2D eigenvalue weighted by atomic mass is 35.5. The van der Waals surface area contributed by atoms with Gasteiger partial charge in [-0.1, -0.05) is 29.4 Å². The topological polar surface area (TPSA) is 18.5 Å². The lowest BCUT2D eigenvalue weighted by molar-refractivity contribution is -0.0950. The lowest BCUT2D eigenvalue weighted by Gasteiger charge is -2.36. The predicted molar refractivity (Wildman–Crippen MR) is 100 cm³/mol. The Morgan fingerprint density at radius 3 is 2.56 bits per heavy atom. The van der Waals surface area contributed by atoms with Crippen molar-refractivity contribution in [2.75, 3.05) is 20.3 Å². The molecule has 1 fully saturated rings. The molecule has 1 aliphatic heterocycles. The van der Waals surface area contributed by atoms with Crippen LogP contribution >= 0.6 is 35.0 Å². The Kier molecular flexibility index (Phi) is 6.29. The van der Waals surface area contributed by atoms with Gasteiger partial charge in [-0.25, -0.2) is 4.39 Å². The number of benzene rings is 2. The van der Waals surface area contributed by atoms with E-state index in [4.69, 9.17) is 32.7 Å². The molecule has 0 saturated carbocycles. The standard InChI is InChI=1S/C19H19Cl2FO2S/c1-23-19(4-6-24-7-5-19)14-8-15(22)10-17(9-14)25-16-3-2-13(12-20)18(21)11-16/h2-3,8-11H,4-7,12H2,1H3. The second-order valence-electron chi connectivity index (χ2n) is 5.98. The van der Waals surface area contributed by atoms with Crippen molar-refractivity contribution in [3.8, 4) is 0 Å². The second kappa shape index (κ2) is 8.28. The maximum atomic E-state index is 14.2. The van der Waals surface area contributed by atoms with Gasteiger partial charge in [0.15, 0.2) is 0 Å². The van der Waals surface area contributed by atoms with Gasteiger partial charge in [-0.2, -0.15) is 0 Å². The van der Waals surface area contributed by atoms with Crippen LogP contribution in [0.5, 0.6) is 0 Å². The Balaban J connectivity index is 1.90. The van der Waals surface area contributed by atoms with Crippen LogP contribution < -0.4 is 0 Å². The molecule has 0 unspecified atom stereocenters. The summed E-state index contributed by atoms with van der Waals surface area (Å²) in [6.07, 6.45) is 1.43. The third kappa shape index (κ3) is 4.32. The molecule has 0 amide bonds. The Morgan fingerprint density at radius 1 is 1.16 bits per heavy atom. The van der Waals surface area contributed by atoms with Crippen LogP contribution in [0, 0.1) is 5.82 Å². The first kappa shape index (κ1) is 19.0. The summed E-state index contributed by atoms with van der Waals surface area (Å²) < 4.78 is 25.5. The van der Waals surface area contributed by atoms with Gasteiger partial charge in [0.1, 0.15) is 5.82 Å². The first-order chi connectivity index (χ1) is 12.1. The predicted octanol–water partition coefficient (Wildman–Crippen LogP) is 6.02. The molecule has 134 valence electrons. The number of ether oxygens (including phenoxy) is 2. The largest absolute Gasteiger partial charge is 0.381 e. The van der Waals surface area contributed by atoms with Crippen molar-refractivity contribution in [1.82, 2.24) is 0 Å². The van der Waals surface area contributed by atoms with Gasteiger partial charge < -0.3 is 9.47 Å². The normalized spacial score (nSPS) is 16.8. The molecule has 2 nitrogen and oxygen atoms in total. The number of rotatable bonds is 5. The molecule has 2 aromatic carbocycles. The summed E-state index contributed by atoms with van der Waals surface area (Å²) in [7, 11) is 1.67. The zero-order valence-corrected chi connectivity index (χ0v) is 16.2. The van der Waals surface area contributed by atoms with Crippen molar-refractivity contribution in [3.63, 3.8) is 0 Å². The van der Waals surface area contributed by atoms with Gasteiger partial charge in [-0.15, -0.1) is 11.6 Å². The molecule has 0 bridgehead atoms. The van der Waals surface area contributed by atoms with Crippen LogP contribution in [-0.4, -0.2) is 20.3 Å². The summed E-state index contributed by atoms with van der Waals surface area (Å²) in [6, 6.07) is 10.8. The molecule has 0 aromatic heterocycles. The number of alkyl halides is 1. The van der Waals surface area contributed by atoms with Gasteiger partial charge in [0.2, 0.25) is 0 Å². The molecule has 0 atom stereocenters. The molecule has 1 saturated heterocycles. The summed E-state index contributed by atoms with van der Waals surface area (Å²) in [4.78, 5) is 1.75. The number of methoxy groups -OCH3 is 1. The molecule has 3 rings (SSSR count). The third-order valence-electron chi connectivity index (χ3n) is 4.49. The fourth-order valence-electron chi connectivity index (χ4n) is 3.03. The van der Waals surface area contributed by atoms with Crippen LogP contribution in [0.15, 0.2) is 46.2 Å². The van der Waals surface area contributed by atoms with Crippen molar-refractivity contribution in [2.45, 2.75) is 34.1 Å². The molecule has 0 spiro atoms. The maximum Gasteiger partial charge on any atom is 0.124 e. The lowest BCUT2D eigenvalue weighted by atomic mass is 9.86. The van der Waals surface area contributed by atoms with Gasteiger partial charge in [-0.3, -0.25) is 0 Å². The van der Waals surface area contributed by atoms with Crippen molar-refractivity contribution in [1.29, 1.82) is 0 Å². The fourth-order valence-corrected chi connectivity index (χ4v) is 4.59. The molecule has 0 radical (unpaired) electrons. The van der Waals surface area contributed by atoms with Crippen LogP contribution in [0.4, 0.5) is 4.39 Å². The highest BCUT2D eigenvalue weighted by Crippen LogP contribution is 2.39. The van der Waals surface area contributed by atoms with E-state index in [1.807, 2.05) is 24.3 Å². The Morgan fingerprint density at radius 2 is 1.92 bits per heavy atom. The smallest absolute Gasteiger partial charge is 0.124 e. The van der Waals surface area contributed by atoms with E-state index in [9.17, 15) is 4.39 Å². The third-order valence-corrected chi connectivity index (χ3v) is 6.09. The summed E-state index contributed by atoms with van der Waals surface area (Å²) >= 11 is 13.5. The van der Waals surface area contributed by atoms with E-state index in [1.54, 1.807) is 13.2 Å². The summed E-state index contributed by atoms with van der Waals surface area (Å²) in [5.74, 6) is 0.0955. The van der Waals surface area contributed by atoms with E-state index in [2.05, 4.69) is 0 Å². The molecule has 25 heavy (non-hydrogen) atoms. The van der Waals surface area contributed by atoms with E-state index < -0.39 is 5.60 Å². The van der Waals surface area contributed by atoms with Gasteiger partial charge in [0, 0.05) is 53.9 Å². The van der Waals surface area contributed by atoms with Crippen molar-refractivity contribution in [2.24, 2.45) is 0 Å². The molecule has 1 heterocycles. The van der Waals surface area contributed by atoms with Crippen LogP contribution in [0.1, 0.15) is 24.0 Å². The zero-order chi connectivity index (χ0) is 17.9. The average molecular weight is 401 g/mol. The number of halogens is 3. The SMILES string of the molecule is COC1(c2cc(F)cc(Sc3ccc(CCl)c(Cl)c3)c2)CCOCC1. The number of hydrogen-bond acceptors (Lipinski definition) is 3. The van der Waals surface area contributed by atoms with Crippen molar-refractivity contribution < 1.29 is 13.9 Å². The first-order valence-corrected chi connectivity index (χ1v) is 9.75. The van der Waals surface area contributed by atoms with E-state index in [-0.39, 0.29) is 5.82 Å². The molecule has 0 N–H and O–H groups in total. The van der Waals surface area contributed by atoms with Gasteiger partial charge >= 0.3 is 0 Å². The highest BCUT2D eigenvalue weighted by molar-refractivity contribution is 7.99. The van der Waals surface area contributed by atoms with Crippen molar-refractivity contribution in [3.05, 3.63) is 58.4 Å². The van der Waals surface area contributed by atoms with Gasteiger partial charge in [0.25, 0.3) is 0 Å². The Hall–Kier alpha value is -0.780. The monoisotopic (exact) mass is 400 g/mol. The lowest BCUT2D eigenvalue weighted by Crippen LogP contribution is -2.35. The molecule has 1 aliphatic rings. The Bertz CT molecular complexity index is 748. The zero-order valence-electron chi connectivity index (χ0n) is 13.9. The minimum absolute atomic E-state index is 0.272. The quantitative estimate of drug-likeness (QED) is 0.571. The van der Waals surface area contributed by atoms with Crippen LogP contribution in [0.2, 0.25) is 5.02 Å². The summed E-state index contributed by atoms with van der Waals surface area (Å²) in [5, 5.41) is 0.620. The number of hydrogen-bond donors (Lipinski definition) is 0. The molecular formula is C19H19Cl2FO2S. The minimum atomic E-state index is -0.490. The van der Waals surface area contributed by atoms with E-state index in [1.165, 1.54) is 17.8 Å². The van der Waals surface area contributed by atoms with Gasteiger partial charge in [-0.05, 0) is 41.5 Å². The van der Waals surface area contributed by atoms with Crippen LogP contribution in [0.25, 0.3) is 0 Å². The van der Waals surface area contributed by atoms with Gasteiger partial charge in [0.05, 0.1) is 5.60 Å². The highest BCUT2D eigenvalue weighted by Gasteiger charge is 2.35. The molecule has 6 heteroatoms. The van der Waals surface area contributed by atoms with Crippen molar-refractivity contribution >= 4 is 35.0 Å². The molecule has 0 aliphatic carbocycles. The van der Waals surface area contributed by atoms with E-state index in [0.717, 1.165) is 20.9 Å². The van der Waals surface area contributed by atoms with E-state index >= 15 is 0 Å². The maximum absolute atomic E-state index is 14.2. The molecular weight excluding hydrogens is 382 g/mol. The first-order valence-electron chi connectivity index (χ1n) is 8.02. The Labute approximate surface area is 161 Å². The average Bonchev–Trinajstić information content (AvgIpc) is 2.62.